The average molecular weight is 294 g/mol. The van der Waals surface area contributed by atoms with E-state index < -0.39 is 8.32 Å². The maximum absolute atomic E-state index is 6.34. The number of rotatable bonds is 2. The number of nitrogens with one attached hydrogen (secondary N) is 1. The molecule has 0 bridgehead atoms. The van der Waals surface area contributed by atoms with Crippen molar-refractivity contribution in [1.82, 2.24) is 0 Å². The number of thiocarbonyl (C=S) groups is 1. The van der Waals surface area contributed by atoms with Crippen molar-refractivity contribution in [3.05, 3.63) is 23.8 Å². The summed E-state index contributed by atoms with van der Waals surface area (Å²) in [6.45, 7) is 11.3. The van der Waals surface area contributed by atoms with Crippen LogP contribution in [-0.4, -0.2) is 13.3 Å². The smallest absolute Gasteiger partial charge is 0.250 e. The summed E-state index contributed by atoms with van der Waals surface area (Å²) in [5, 5.41) is 3.49. The zero-order valence-electron chi connectivity index (χ0n) is 12.5. The maximum atomic E-state index is 6.34. The van der Waals surface area contributed by atoms with Crippen molar-refractivity contribution >= 4 is 31.2 Å². The van der Waals surface area contributed by atoms with Gasteiger partial charge in [-0.05, 0) is 48.3 Å². The molecule has 2 nitrogen and oxygen atoms in total. The number of fused-ring (bicyclic) bond motifs is 1. The zero-order chi connectivity index (χ0) is 14.3. The summed E-state index contributed by atoms with van der Waals surface area (Å²) in [6.07, 6.45) is 1.95. The van der Waals surface area contributed by atoms with Crippen LogP contribution in [0.15, 0.2) is 18.2 Å². The number of hydrogen-bond acceptors (Lipinski definition) is 2. The lowest BCUT2D eigenvalue weighted by atomic mass is 10.0. The van der Waals surface area contributed by atoms with Gasteiger partial charge in [-0.15, -0.1) is 0 Å². The fourth-order valence-corrected chi connectivity index (χ4v) is 3.11. The second-order valence-corrected chi connectivity index (χ2v) is 11.9. The van der Waals surface area contributed by atoms with Crippen molar-refractivity contribution in [3.8, 4) is 5.75 Å². The molecule has 104 valence electrons. The van der Waals surface area contributed by atoms with Gasteiger partial charge in [0, 0.05) is 12.1 Å². The Balaban J connectivity index is 2.22. The summed E-state index contributed by atoms with van der Waals surface area (Å²) >= 11 is 5.22. The van der Waals surface area contributed by atoms with Gasteiger partial charge in [0.15, 0.2) is 0 Å². The minimum absolute atomic E-state index is 0.225. The van der Waals surface area contributed by atoms with Gasteiger partial charge in [-0.2, -0.15) is 0 Å². The molecule has 0 radical (unpaired) electrons. The van der Waals surface area contributed by atoms with Crippen LogP contribution in [-0.2, 0) is 6.42 Å². The quantitative estimate of drug-likeness (QED) is 0.627. The molecule has 19 heavy (non-hydrogen) atoms. The Morgan fingerprint density at radius 3 is 2.53 bits per heavy atom. The maximum Gasteiger partial charge on any atom is 0.250 e. The van der Waals surface area contributed by atoms with Crippen LogP contribution in [0.3, 0.4) is 0 Å². The van der Waals surface area contributed by atoms with Crippen molar-refractivity contribution in [3.63, 3.8) is 0 Å². The topological polar surface area (TPSA) is 21.3 Å². The molecule has 0 spiro atoms. The highest BCUT2D eigenvalue weighted by Crippen LogP contribution is 2.38. The molecule has 1 aromatic rings. The average Bonchev–Trinajstić information content (AvgIpc) is 2.27. The lowest BCUT2D eigenvalue weighted by Crippen LogP contribution is -2.43. The van der Waals surface area contributed by atoms with E-state index in [1.54, 1.807) is 0 Å². The molecule has 1 aliphatic rings. The van der Waals surface area contributed by atoms with Crippen molar-refractivity contribution in [2.45, 2.75) is 51.7 Å². The number of benzene rings is 1. The Bertz CT molecular complexity index is 505. The number of aryl methyl sites for hydroxylation is 1. The molecule has 0 aromatic heterocycles. The lowest BCUT2D eigenvalue weighted by Gasteiger charge is -2.36. The van der Waals surface area contributed by atoms with E-state index in [0.717, 1.165) is 29.3 Å². The van der Waals surface area contributed by atoms with E-state index in [1.807, 2.05) is 0 Å². The predicted octanol–water partition coefficient (Wildman–Crippen LogP) is 4.76. The van der Waals surface area contributed by atoms with Crippen LogP contribution in [0.1, 0.15) is 32.8 Å². The monoisotopic (exact) mass is 293 g/mol. The molecule has 0 unspecified atom stereocenters. The molecule has 0 saturated carbocycles. The second-order valence-electron chi connectivity index (χ2n) is 6.73. The minimum Gasteiger partial charge on any atom is -0.543 e. The van der Waals surface area contributed by atoms with Gasteiger partial charge in [-0.3, -0.25) is 0 Å². The molecule has 0 atom stereocenters. The van der Waals surface area contributed by atoms with E-state index in [1.165, 1.54) is 5.56 Å². The van der Waals surface area contributed by atoms with Crippen molar-refractivity contribution in [2.75, 3.05) is 5.32 Å². The van der Waals surface area contributed by atoms with E-state index >= 15 is 0 Å². The van der Waals surface area contributed by atoms with Gasteiger partial charge < -0.3 is 9.74 Å². The van der Waals surface area contributed by atoms with Crippen LogP contribution >= 0.6 is 12.2 Å². The summed E-state index contributed by atoms with van der Waals surface area (Å²) in [5.74, 6) is 1.000. The van der Waals surface area contributed by atoms with Gasteiger partial charge in [0.25, 0.3) is 0 Å². The van der Waals surface area contributed by atoms with Crippen LogP contribution in [0.25, 0.3) is 0 Å². The SMILES string of the molecule is CC(C)(C)[Si](C)(C)Oc1ccc2c(c1)CCC(=S)N2. The molecule has 1 N–H and O–H groups in total. The van der Waals surface area contributed by atoms with Crippen LogP contribution < -0.4 is 9.74 Å². The summed E-state index contributed by atoms with van der Waals surface area (Å²) < 4.78 is 6.34. The molecule has 1 aromatic carbocycles. The Hall–Kier alpha value is -0.873. The molecule has 0 saturated heterocycles. The van der Waals surface area contributed by atoms with E-state index in [0.29, 0.717) is 0 Å². The highest BCUT2D eigenvalue weighted by atomic mass is 32.1. The molecular weight excluding hydrogens is 270 g/mol. The third-order valence-electron chi connectivity index (χ3n) is 4.15. The Morgan fingerprint density at radius 2 is 1.89 bits per heavy atom. The second kappa shape index (κ2) is 4.91. The third kappa shape index (κ3) is 3.18. The summed E-state index contributed by atoms with van der Waals surface area (Å²) in [5.41, 5.74) is 2.45. The summed E-state index contributed by atoms with van der Waals surface area (Å²) in [6, 6.07) is 6.31. The van der Waals surface area contributed by atoms with E-state index in [4.69, 9.17) is 16.6 Å². The number of anilines is 1. The summed E-state index contributed by atoms with van der Waals surface area (Å²) in [7, 11) is -1.75. The van der Waals surface area contributed by atoms with Crippen molar-refractivity contribution in [2.24, 2.45) is 0 Å². The van der Waals surface area contributed by atoms with Gasteiger partial charge in [-0.25, -0.2) is 0 Å². The minimum atomic E-state index is -1.75. The Labute approximate surface area is 122 Å². The number of hydrogen-bond donors (Lipinski definition) is 1. The van der Waals surface area contributed by atoms with Crippen LogP contribution in [0.5, 0.6) is 5.75 Å². The van der Waals surface area contributed by atoms with Gasteiger partial charge in [0.05, 0.1) is 4.99 Å². The van der Waals surface area contributed by atoms with Crippen LogP contribution in [0, 0.1) is 0 Å². The third-order valence-corrected chi connectivity index (χ3v) is 8.82. The molecule has 0 fully saturated rings. The largest absolute Gasteiger partial charge is 0.543 e. The van der Waals surface area contributed by atoms with Crippen molar-refractivity contribution < 1.29 is 4.43 Å². The Morgan fingerprint density at radius 1 is 1.21 bits per heavy atom. The van der Waals surface area contributed by atoms with Gasteiger partial charge >= 0.3 is 0 Å². The normalized spacial score (nSPS) is 15.7. The lowest BCUT2D eigenvalue weighted by molar-refractivity contribution is 0.491. The Kier molecular flexibility index (Phi) is 3.75. The van der Waals surface area contributed by atoms with Crippen LogP contribution in [0.2, 0.25) is 18.1 Å². The summed E-state index contributed by atoms with van der Waals surface area (Å²) in [4.78, 5) is 0.936. The molecular formula is C15H23NOSSi. The van der Waals surface area contributed by atoms with Crippen LogP contribution in [0.4, 0.5) is 5.69 Å². The van der Waals surface area contributed by atoms with E-state index in [-0.39, 0.29) is 5.04 Å². The zero-order valence-corrected chi connectivity index (χ0v) is 14.3. The molecule has 4 heteroatoms. The first kappa shape index (κ1) is 14.5. The fourth-order valence-electron chi connectivity index (χ4n) is 1.87. The van der Waals surface area contributed by atoms with Gasteiger partial charge in [0.1, 0.15) is 5.75 Å². The highest BCUT2D eigenvalue weighted by Gasteiger charge is 2.39. The highest BCUT2D eigenvalue weighted by molar-refractivity contribution is 7.80. The first-order valence-electron chi connectivity index (χ1n) is 6.81. The van der Waals surface area contributed by atoms with Crippen molar-refractivity contribution in [1.29, 1.82) is 0 Å². The van der Waals surface area contributed by atoms with Gasteiger partial charge in [0.2, 0.25) is 8.32 Å². The van der Waals surface area contributed by atoms with Gasteiger partial charge in [-0.1, -0.05) is 33.0 Å². The standard InChI is InChI=1S/C15H23NOSSi/c1-15(2,3)19(4,5)17-12-7-8-13-11(10-12)6-9-14(18)16-13/h7-8,10H,6,9H2,1-5H3,(H,16,18). The molecule has 1 heterocycles. The molecule has 2 rings (SSSR count). The van der Waals surface area contributed by atoms with E-state index in [9.17, 15) is 0 Å². The molecule has 0 amide bonds. The predicted molar refractivity (Wildman–Crippen MR) is 88.8 cm³/mol. The molecule has 1 aliphatic heterocycles. The first-order chi connectivity index (χ1) is 8.69. The fraction of sp³-hybridized carbons (Fsp3) is 0.533. The molecule has 0 aliphatic carbocycles. The first-order valence-corrected chi connectivity index (χ1v) is 10.1. The van der Waals surface area contributed by atoms with E-state index in [2.05, 4.69) is 57.4 Å².